The number of carbonyl (C=O) groups excluding carboxylic acids is 1. The van der Waals surface area contributed by atoms with Crippen LogP contribution in [-0.4, -0.2) is 18.2 Å². The Morgan fingerprint density at radius 1 is 1.30 bits per heavy atom. The van der Waals surface area contributed by atoms with Gasteiger partial charge in [-0.1, -0.05) is 11.8 Å². The lowest BCUT2D eigenvalue weighted by atomic mass is 10.2. The van der Waals surface area contributed by atoms with E-state index in [9.17, 15) is 4.79 Å². The molecule has 1 rings (SSSR count). The van der Waals surface area contributed by atoms with E-state index in [1.165, 1.54) is 0 Å². The van der Waals surface area contributed by atoms with Gasteiger partial charge in [0.25, 0.3) is 0 Å². The maximum atomic E-state index is 11.4. The van der Waals surface area contributed by atoms with Crippen molar-refractivity contribution in [3.8, 4) is 11.8 Å². The summed E-state index contributed by atoms with van der Waals surface area (Å²) in [7, 11) is 0. The molecule has 20 heavy (non-hydrogen) atoms. The third-order valence-electron chi connectivity index (χ3n) is 2.24. The van der Waals surface area contributed by atoms with Gasteiger partial charge in [-0.25, -0.2) is 4.79 Å². The van der Waals surface area contributed by atoms with E-state index in [1.807, 2.05) is 20.8 Å². The van der Waals surface area contributed by atoms with Crippen molar-refractivity contribution in [1.29, 1.82) is 0 Å². The van der Waals surface area contributed by atoms with Crippen LogP contribution in [0.5, 0.6) is 0 Å². The maximum Gasteiger partial charge on any atom is 0.407 e. The number of benzene rings is 1. The number of ether oxygens (including phenoxy) is 1. The van der Waals surface area contributed by atoms with Crippen molar-refractivity contribution in [2.45, 2.75) is 32.8 Å². The lowest BCUT2D eigenvalue weighted by Crippen LogP contribution is -2.32. The summed E-state index contributed by atoms with van der Waals surface area (Å²) >= 11 is 0. The number of rotatable bonds is 2. The Bertz CT molecular complexity index is 536. The number of hydrogen-bond acceptors (Lipinski definition) is 4. The molecule has 0 unspecified atom stereocenters. The van der Waals surface area contributed by atoms with Crippen molar-refractivity contribution >= 4 is 17.5 Å². The molecule has 0 radical (unpaired) electrons. The highest BCUT2D eigenvalue weighted by Gasteiger charge is 2.15. The number of amides is 1. The summed E-state index contributed by atoms with van der Waals surface area (Å²) in [4.78, 5) is 11.4. The van der Waals surface area contributed by atoms with Crippen LogP contribution in [0.25, 0.3) is 0 Å². The topological polar surface area (TPSA) is 90.4 Å². The molecule has 0 saturated heterocycles. The largest absolute Gasteiger partial charge is 0.444 e. The molecule has 0 aliphatic carbocycles. The molecule has 1 amide bonds. The Labute approximate surface area is 119 Å². The molecular weight excluding hydrogens is 254 g/mol. The van der Waals surface area contributed by atoms with E-state index < -0.39 is 11.7 Å². The third-order valence-corrected chi connectivity index (χ3v) is 2.24. The molecule has 108 valence electrons. The highest BCUT2D eigenvalue weighted by Crippen LogP contribution is 2.14. The molecule has 0 fully saturated rings. The van der Waals surface area contributed by atoms with Gasteiger partial charge in [0.15, 0.2) is 0 Å². The number of nitrogens with one attached hydrogen (secondary N) is 1. The van der Waals surface area contributed by atoms with Gasteiger partial charge >= 0.3 is 6.09 Å². The molecule has 0 aliphatic heterocycles. The van der Waals surface area contributed by atoms with Crippen LogP contribution in [-0.2, 0) is 4.74 Å². The molecule has 5 heteroatoms. The standard InChI is InChI=1S/C15H21N3O2/c1-15(2,3)20-14(19)18-9-5-4-6-11-7-8-12(16)13(17)10-11/h7-8,10H,5,9,16-17H2,1-3H3,(H,18,19). The van der Waals surface area contributed by atoms with Crippen LogP contribution in [0.2, 0.25) is 0 Å². The molecular formula is C15H21N3O2. The van der Waals surface area contributed by atoms with Gasteiger partial charge in [0, 0.05) is 18.5 Å². The smallest absolute Gasteiger partial charge is 0.407 e. The minimum atomic E-state index is -0.489. The summed E-state index contributed by atoms with van der Waals surface area (Å²) in [6.07, 6.45) is 0.0970. The first-order valence-electron chi connectivity index (χ1n) is 6.38. The Morgan fingerprint density at radius 3 is 2.60 bits per heavy atom. The Kier molecular flexibility index (Phi) is 5.27. The Balaban J connectivity index is 2.36. The second-order valence-corrected chi connectivity index (χ2v) is 5.32. The maximum absolute atomic E-state index is 11.4. The van der Waals surface area contributed by atoms with Crippen LogP contribution in [0.3, 0.4) is 0 Å². The molecule has 1 aromatic carbocycles. The molecule has 1 aromatic rings. The van der Waals surface area contributed by atoms with Crippen molar-refractivity contribution in [1.82, 2.24) is 5.32 Å². The molecule has 0 aliphatic rings. The van der Waals surface area contributed by atoms with Crippen molar-refractivity contribution in [2.75, 3.05) is 18.0 Å². The van der Waals surface area contributed by atoms with E-state index in [0.29, 0.717) is 24.3 Å². The summed E-state index contributed by atoms with van der Waals surface area (Å²) in [5.74, 6) is 5.91. The van der Waals surface area contributed by atoms with Crippen LogP contribution < -0.4 is 16.8 Å². The number of nitrogen functional groups attached to an aromatic ring is 2. The van der Waals surface area contributed by atoms with Crippen molar-refractivity contribution in [2.24, 2.45) is 0 Å². The molecule has 0 bridgehead atoms. The predicted molar refractivity (Wildman–Crippen MR) is 81.0 cm³/mol. The number of carbonyl (C=O) groups is 1. The molecule has 0 spiro atoms. The average molecular weight is 275 g/mol. The Hall–Kier alpha value is -2.35. The zero-order valence-corrected chi connectivity index (χ0v) is 12.1. The highest BCUT2D eigenvalue weighted by atomic mass is 16.6. The number of anilines is 2. The molecule has 0 saturated carbocycles. The molecule has 0 atom stereocenters. The van der Waals surface area contributed by atoms with E-state index >= 15 is 0 Å². The summed E-state index contributed by atoms with van der Waals surface area (Å²) in [5, 5.41) is 2.64. The molecule has 5 nitrogen and oxygen atoms in total. The van der Waals surface area contributed by atoms with E-state index in [-0.39, 0.29) is 0 Å². The summed E-state index contributed by atoms with van der Waals surface area (Å²) in [6.45, 7) is 5.89. The number of alkyl carbamates (subject to hydrolysis) is 1. The third kappa shape index (κ3) is 6.01. The lowest BCUT2D eigenvalue weighted by Gasteiger charge is -2.19. The minimum absolute atomic E-state index is 0.434. The second-order valence-electron chi connectivity index (χ2n) is 5.32. The first-order chi connectivity index (χ1) is 9.28. The molecule has 0 aromatic heterocycles. The van der Waals surface area contributed by atoms with E-state index in [0.717, 1.165) is 5.56 Å². The normalized spacial score (nSPS) is 10.3. The summed E-state index contributed by atoms with van der Waals surface area (Å²) < 4.78 is 5.10. The van der Waals surface area contributed by atoms with Crippen LogP contribution in [0.4, 0.5) is 16.2 Å². The number of hydrogen-bond donors (Lipinski definition) is 3. The first-order valence-corrected chi connectivity index (χ1v) is 6.38. The second kappa shape index (κ2) is 6.71. The van der Waals surface area contributed by atoms with Gasteiger partial charge in [-0.3, -0.25) is 0 Å². The van der Waals surface area contributed by atoms with Crippen molar-refractivity contribution in [3.63, 3.8) is 0 Å². The van der Waals surface area contributed by atoms with Gasteiger partial charge < -0.3 is 21.5 Å². The predicted octanol–water partition coefficient (Wildman–Crippen LogP) is 2.12. The van der Waals surface area contributed by atoms with Gasteiger partial charge in [-0.05, 0) is 39.0 Å². The van der Waals surface area contributed by atoms with Gasteiger partial charge in [0.2, 0.25) is 0 Å². The van der Waals surface area contributed by atoms with Crippen LogP contribution >= 0.6 is 0 Å². The Morgan fingerprint density at radius 2 is 2.00 bits per heavy atom. The quantitative estimate of drug-likeness (QED) is 0.438. The van der Waals surface area contributed by atoms with E-state index in [4.69, 9.17) is 16.2 Å². The van der Waals surface area contributed by atoms with Gasteiger partial charge in [0.1, 0.15) is 5.60 Å². The lowest BCUT2D eigenvalue weighted by molar-refractivity contribution is 0.0529. The van der Waals surface area contributed by atoms with Gasteiger partial charge in [0.05, 0.1) is 11.4 Å². The van der Waals surface area contributed by atoms with E-state index in [1.54, 1.807) is 18.2 Å². The molecule has 5 N–H and O–H groups in total. The zero-order chi connectivity index (χ0) is 15.2. The number of nitrogens with two attached hydrogens (primary N) is 2. The summed E-state index contributed by atoms with van der Waals surface area (Å²) in [6, 6.07) is 5.25. The molecule has 0 heterocycles. The van der Waals surface area contributed by atoms with E-state index in [2.05, 4.69) is 17.2 Å². The minimum Gasteiger partial charge on any atom is -0.444 e. The van der Waals surface area contributed by atoms with Crippen LogP contribution in [0.15, 0.2) is 18.2 Å². The van der Waals surface area contributed by atoms with Crippen LogP contribution in [0, 0.1) is 11.8 Å². The highest BCUT2D eigenvalue weighted by molar-refractivity contribution is 5.67. The zero-order valence-electron chi connectivity index (χ0n) is 12.1. The fourth-order valence-corrected chi connectivity index (χ4v) is 1.36. The fourth-order valence-electron chi connectivity index (χ4n) is 1.36. The monoisotopic (exact) mass is 275 g/mol. The first kappa shape index (κ1) is 15.7. The SMILES string of the molecule is CC(C)(C)OC(=O)NCCC#Cc1ccc(N)c(N)c1. The van der Waals surface area contributed by atoms with Crippen molar-refractivity contribution in [3.05, 3.63) is 23.8 Å². The van der Waals surface area contributed by atoms with Crippen molar-refractivity contribution < 1.29 is 9.53 Å². The average Bonchev–Trinajstić information content (AvgIpc) is 2.31. The summed E-state index contributed by atoms with van der Waals surface area (Å²) in [5.41, 5.74) is 12.7. The fraction of sp³-hybridized carbons (Fsp3) is 0.400. The van der Waals surface area contributed by atoms with Gasteiger partial charge in [-0.15, -0.1) is 0 Å². The van der Waals surface area contributed by atoms with Gasteiger partial charge in [-0.2, -0.15) is 0 Å². The van der Waals surface area contributed by atoms with Crippen LogP contribution in [0.1, 0.15) is 32.8 Å².